The molecule has 8 nitrogen and oxygen atoms in total. The summed E-state index contributed by atoms with van der Waals surface area (Å²) in [5, 5.41) is 4.42. The van der Waals surface area contributed by atoms with Gasteiger partial charge in [-0.2, -0.15) is 9.50 Å². The van der Waals surface area contributed by atoms with Crippen LogP contribution in [0.3, 0.4) is 0 Å². The van der Waals surface area contributed by atoms with Crippen molar-refractivity contribution in [3.63, 3.8) is 0 Å². The van der Waals surface area contributed by atoms with E-state index < -0.39 is 0 Å². The Morgan fingerprint density at radius 3 is 2.47 bits per heavy atom. The van der Waals surface area contributed by atoms with Crippen LogP contribution in [-0.4, -0.2) is 33.8 Å². The molecule has 0 atom stereocenters. The summed E-state index contributed by atoms with van der Waals surface area (Å²) < 4.78 is 18.5. The highest BCUT2D eigenvalue weighted by molar-refractivity contribution is 7.15. The van der Waals surface area contributed by atoms with Crippen molar-refractivity contribution < 1.29 is 18.7 Å². The van der Waals surface area contributed by atoms with Crippen LogP contribution in [0.5, 0.6) is 5.75 Å². The highest BCUT2D eigenvalue weighted by atomic mass is 32.1. The van der Waals surface area contributed by atoms with E-state index in [-0.39, 0.29) is 11.5 Å². The van der Waals surface area contributed by atoms with Crippen LogP contribution in [-0.2, 0) is 4.74 Å². The van der Waals surface area contributed by atoms with Crippen molar-refractivity contribution in [3.05, 3.63) is 86.9 Å². The Morgan fingerprint density at radius 1 is 1.00 bits per heavy atom. The summed E-state index contributed by atoms with van der Waals surface area (Å²) in [6, 6.07) is 18.2. The third-order valence-electron chi connectivity index (χ3n) is 5.89. The zero-order valence-corrected chi connectivity index (χ0v) is 22.0. The maximum Gasteiger partial charge on any atom is 0.338 e. The van der Waals surface area contributed by atoms with Gasteiger partial charge in [-0.05, 0) is 61.9 Å². The molecule has 3 aromatic heterocycles. The molecule has 0 saturated heterocycles. The van der Waals surface area contributed by atoms with Crippen LogP contribution in [0, 0.1) is 0 Å². The van der Waals surface area contributed by atoms with Crippen LogP contribution >= 0.6 is 11.3 Å². The smallest absolute Gasteiger partial charge is 0.338 e. The quantitative estimate of drug-likeness (QED) is 0.177. The Hall–Kier alpha value is -4.24. The number of furan rings is 1. The minimum absolute atomic E-state index is 0.253. The molecule has 0 aliphatic heterocycles. The van der Waals surface area contributed by atoms with E-state index in [0.717, 1.165) is 36.1 Å². The van der Waals surface area contributed by atoms with Crippen LogP contribution < -0.4 is 14.8 Å². The van der Waals surface area contributed by atoms with Crippen molar-refractivity contribution in [2.75, 3.05) is 13.2 Å². The average molecular weight is 530 g/mol. The molecule has 0 spiro atoms. The Kier molecular flexibility index (Phi) is 7.65. The van der Waals surface area contributed by atoms with Gasteiger partial charge in [0.25, 0.3) is 5.56 Å². The molecule has 38 heavy (non-hydrogen) atoms. The molecule has 0 saturated carbocycles. The number of hydrogen-bond acceptors (Lipinski definition) is 8. The average Bonchev–Trinajstić information content (AvgIpc) is 3.65. The van der Waals surface area contributed by atoms with Gasteiger partial charge in [-0.25, -0.2) is 4.79 Å². The van der Waals surface area contributed by atoms with Crippen molar-refractivity contribution in [2.45, 2.75) is 33.1 Å². The van der Waals surface area contributed by atoms with E-state index in [1.165, 1.54) is 15.9 Å². The fourth-order valence-electron chi connectivity index (χ4n) is 3.90. The molecule has 5 rings (SSSR count). The highest BCUT2D eigenvalue weighted by Gasteiger charge is 2.13. The van der Waals surface area contributed by atoms with Gasteiger partial charge in [0.1, 0.15) is 21.8 Å². The lowest BCUT2D eigenvalue weighted by molar-refractivity contribution is 0.0526. The molecule has 9 heteroatoms. The Bertz CT molecular complexity index is 1650. The van der Waals surface area contributed by atoms with E-state index in [9.17, 15) is 9.59 Å². The summed E-state index contributed by atoms with van der Waals surface area (Å²) >= 11 is 1.25. The zero-order valence-electron chi connectivity index (χ0n) is 21.2. The number of rotatable bonds is 10. The normalized spacial score (nSPS) is 11.8. The predicted octanol–water partition coefficient (Wildman–Crippen LogP) is 5.37. The SMILES string of the molecule is CCCCCOc1ccc(-c2nc3sc(=Cc4ccc(-c5ccc(C(=O)OCC)cc5)o4)c(=O)n3n2)cc1. The van der Waals surface area contributed by atoms with Crippen molar-refractivity contribution in [3.8, 4) is 28.5 Å². The monoisotopic (exact) mass is 529 g/mol. The Balaban J connectivity index is 1.32. The molecule has 3 heterocycles. The van der Waals surface area contributed by atoms with Crippen molar-refractivity contribution in [1.29, 1.82) is 0 Å². The Morgan fingerprint density at radius 2 is 1.76 bits per heavy atom. The summed E-state index contributed by atoms with van der Waals surface area (Å²) in [5.41, 5.74) is 1.85. The molecule has 0 fully saturated rings. The summed E-state index contributed by atoms with van der Waals surface area (Å²) in [6.45, 7) is 4.95. The van der Waals surface area contributed by atoms with E-state index in [1.54, 1.807) is 43.3 Å². The Labute approximate surface area is 223 Å². The molecule has 0 unspecified atom stereocenters. The lowest BCUT2D eigenvalue weighted by Crippen LogP contribution is -2.23. The van der Waals surface area contributed by atoms with Crippen LogP contribution in [0.2, 0.25) is 0 Å². The predicted molar refractivity (Wildman–Crippen MR) is 146 cm³/mol. The molecule has 2 aromatic carbocycles. The largest absolute Gasteiger partial charge is 0.494 e. The van der Waals surface area contributed by atoms with E-state index in [0.29, 0.717) is 45.6 Å². The first-order chi connectivity index (χ1) is 18.6. The number of carbonyl (C=O) groups excluding carboxylic acids is 1. The van der Waals surface area contributed by atoms with Gasteiger partial charge in [0, 0.05) is 17.2 Å². The van der Waals surface area contributed by atoms with Gasteiger partial charge in [0.15, 0.2) is 5.82 Å². The van der Waals surface area contributed by atoms with Gasteiger partial charge >= 0.3 is 5.97 Å². The number of unbranched alkanes of at least 4 members (excludes halogenated alkanes) is 2. The van der Waals surface area contributed by atoms with E-state index in [1.807, 2.05) is 30.3 Å². The zero-order chi connectivity index (χ0) is 26.5. The molecule has 0 N–H and O–H groups in total. The second-order valence-corrected chi connectivity index (χ2v) is 9.63. The molecule has 0 amide bonds. The molecule has 0 aliphatic carbocycles. The summed E-state index contributed by atoms with van der Waals surface area (Å²) in [5.74, 6) is 2.09. The van der Waals surface area contributed by atoms with Gasteiger partial charge in [0.2, 0.25) is 4.96 Å². The highest BCUT2D eigenvalue weighted by Crippen LogP contribution is 2.24. The maximum absolute atomic E-state index is 13.0. The first-order valence-corrected chi connectivity index (χ1v) is 13.4. The molecule has 0 aliphatic rings. The van der Waals surface area contributed by atoms with Crippen molar-refractivity contribution in [1.82, 2.24) is 14.6 Å². The third kappa shape index (κ3) is 5.52. The van der Waals surface area contributed by atoms with Gasteiger partial charge < -0.3 is 13.9 Å². The van der Waals surface area contributed by atoms with Gasteiger partial charge in [-0.15, -0.1) is 5.10 Å². The minimum Gasteiger partial charge on any atom is -0.494 e. The minimum atomic E-state index is -0.362. The van der Waals surface area contributed by atoms with E-state index in [2.05, 4.69) is 17.0 Å². The molecular formula is C29H27N3O5S. The van der Waals surface area contributed by atoms with Gasteiger partial charge in [-0.1, -0.05) is 43.2 Å². The van der Waals surface area contributed by atoms with Crippen molar-refractivity contribution >= 4 is 28.3 Å². The standard InChI is InChI=1S/C29H27N3O5S/c1-3-5-6-17-36-22-13-11-20(12-14-22)26-30-29-32(31-26)27(33)25(38-29)18-23-15-16-24(37-23)19-7-9-21(10-8-19)28(34)35-4-2/h7-16,18H,3-6,17H2,1-2H3. The van der Waals surface area contributed by atoms with E-state index >= 15 is 0 Å². The number of esters is 1. The number of fused-ring (bicyclic) bond motifs is 1. The molecule has 5 aromatic rings. The van der Waals surface area contributed by atoms with Gasteiger partial charge in [0.05, 0.1) is 18.8 Å². The second kappa shape index (κ2) is 11.4. The second-order valence-electron chi connectivity index (χ2n) is 8.63. The van der Waals surface area contributed by atoms with Crippen LogP contribution in [0.25, 0.3) is 33.7 Å². The fraction of sp³-hybridized carbons (Fsp3) is 0.241. The molecular weight excluding hydrogens is 502 g/mol. The number of aromatic nitrogens is 3. The summed E-state index contributed by atoms with van der Waals surface area (Å²) in [6.07, 6.45) is 5.03. The fourth-order valence-corrected chi connectivity index (χ4v) is 4.79. The first-order valence-electron chi connectivity index (χ1n) is 12.6. The number of thiazole rings is 1. The number of hydrogen-bond donors (Lipinski definition) is 0. The van der Waals surface area contributed by atoms with Crippen LogP contribution in [0.1, 0.15) is 49.2 Å². The number of carbonyl (C=O) groups is 1. The summed E-state index contributed by atoms with van der Waals surface area (Å²) in [7, 11) is 0. The summed E-state index contributed by atoms with van der Waals surface area (Å²) in [4.78, 5) is 29.9. The van der Waals surface area contributed by atoms with Crippen LogP contribution in [0.4, 0.5) is 0 Å². The lowest BCUT2D eigenvalue weighted by atomic mass is 10.1. The maximum atomic E-state index is 13.0. The molecule has 0 bridgehead atoms. The molecule has 0 radical (unpaired) electrons. The van der Waals surface area contributed by atoms with E-state index in [4.69, 9.17) is 13.9 Å². The van der Waals surface area contributed by atoms with Crippen molar-refractivity contribution in [2.24, 2.45) is 0 Å². The van der Waals surface area contributed by atoms with Gasteiger partial charge in [-0.3, -0.25) is 4.79 Å². The number of nitrogens with zero attached hydrogens (tertiary/aromatic N) is 3. The van der Waals surface area contributed by atoms with Crippen LogP contribution in [0.15, 0.2) is 69.9 Å². The third-order valence-corrected chi connectivity index (χ3v) is 6.85. The topological polar surface area (TPSA) is 95.9 Å². The number of benzene rings is 2. The first kappa shape index (κ1) is 25.4. The lowest BCUT2D eigenvalue weighted by Gasteiger charge is -2.05. The number of ether oxygens (including phenoxy) is 2. The molecule has 194 valence electrons.